The van der Waals surface area contributed by atoms with Crippen molar-refractivity contribution in [2.75, 3.05) is 0 Å². The first-order valence-electron chi connectivity index (χ1n) is 41.2. The maximum Gasteiger partial charge on any atom is 4.00 e. The average molecular weight is 1680 g/mol. The van der Waals surface area contributed by atoms with Crippen molar-refractivity contribution >= 4 is 23.6 Å². The zero-order valence-corrected chi connectivity index (χ0v) is 73.3. The van der Waals surface area contributed by atoms with Crippen LogP contribution in [0, 0.1) is 6.08 Å². The van der Waals surface area contributed by atoms with Crippen LogP contribution in [0.3, 0.4) is 0 Å². The minimum atomic E-state index is -5.17. The topological polar surface area (TPSA) is 0 Å². The van der Waals surface area contributed by atoms with E-state index in [1.54, 1.807) is 0 Å². The van der Waals surface area contributed by atoms with Gasteiger partial charge in [-0.1, -0.05) is 481 Å². The van der Waals surface area contributed by atoms with E-state index < -0.39 is 13.1 Å². The number of hydrogen-bond donors (Lipinski definition) is 0. The maximum atomic E-state index is 4.94. The van der Waals surface area contributed by atoms with Crippen molar-refractivity contribution in [3.8, 4) is 167 Å². The van der Waals surface area contributed by atoms with Gasteiger partial charge in [-0.3, -0.25) is 6.08 Å². The van der Waals surface area contributed by atoms with E-state index in [0.717, 1.165) is 172 Å². The van der Waals surface area contributed by atoms with E-state index in [4.69, 9.17) is 6.08 Å². The van der Waals surface area contributed by atoms with Crippen molar-refractivity contribution in [3.05, 3.63) is 478 Å². The number of allylic oxidation sites excluding steroid dienone is 4. The van der Waals surface area contributed by atoms with Crippen molar-refractivity contribution in [2.24, 2.45) is 0 Å². The third kappa shape index (κ3) is 14.9. The second kappa shape index (κ2) is 37.1. The van der Waals surface area contributed by atoms with Crippen LogP contribution in [-0.2, 0) is 21.7 Å². The standard InChI is InChI=1S/C117H87Si.3ClH.Ti/c1-81-80-117(4,83(3)82(81)2)118(114-108(93-68-38-14-39-69-93)102(87-56-26-8-27-57-87)99(84-50-20-5-21-51-84)103(88-58-28-9-29-59-88)109(114)94-70-40-15-41-71-94,115-110(95-72-42-16-43-73-95)104(89-60-30-10-31-61-89)100(85-52-22-6-23-53-85)105(90-62-32-11-33-63-90)111(115)96-74-44-17-45-75-96)116-112(97-76-46-18-47-77-97)106(91-64-34-12-35-65-91)101(86-54-24-7-25-55-86)107(92-66-36-13-37-67-92)113(116)98-78-48-19-49-79-98;;;;/h5-79H,1-4H3;3*1H;/q-1;;;;+4/p-3. The van der Waals surface area contributed by atoms with Crippen LogP contribution in [0.15, 0.2) is 472 Å². The van der Waals surface area contributed by atoms with Crippen LogP contribution in [0.5, 0.6) is 0 Å². The van der Waals surface area contributed by atoms with Gasteiger partial charge in [-0.25, -0.2) is 5.57 Å². The average Bonchev–Trinajstić information content (AvgIpc) is 1.05. The van der Waals surface area contributed by atoms with Gasteiger partial charge < -0.3 is 37.2 Å². The first-order valence-corrected chi connectivity index (χ1v) is 43.2. The molecule has 1 unspecified atom stereocenters. The van der Waals surface area contributed by atoms with Crippen LogP contribution < -0.4 is 52.8 Å². The van der Waals surface area contributed by atoms with Crippen LogP contribution in [0.4, 0.5) is 0 Å². The summed E-state index contributed by atoms with van der Waals surface area (Å²) >= 11 is 0. The molecule has 0 aliphatic heterocycles. The summed E-state index contributed by atoms with van der Waals surface area (Å²) in [5, 5.41) is 2.60. The summed E-state index contributed by atoms with van der Waals surface area (Å²) in [5.74, 6) is 0. The Morgan fingerprint density at radius 3 is 0.385 bits per heavy atom. The predicted molar refractivity (Wildman–Crippen MR) is 505 cm³/mol. The summed E-state index contributed by atoms with van der Waals surface area (Å²) in [6, 6.07) is 173. The molecule has 0 fully saturated rings. The monoisotopic (exact) mass is 1670 g/mol. The smallest absolute Gasteiger partial charge is 1.00 e. The summed E-state index contributed by atoms with van der Waals surface area (Å²) in [6.07, 6.45) is 4.94. The minimum Gasteiger partial charge on any atom is -1.00 e. The molecule has 0 saturated carbocycles. The van der Waals surface area contributed by atoms with Gasteiger partial charge >= 0.3 is 21.7 Å². The van der Waals surface area contributed by atoms with E-state index in [9.17, 15) is 0 Å². The third-order valence-electron chi connectivity index (χ3n) is 24.6. The Morgan fingerprint density at radius 2 is 0.279 bits per heavy atom. The maximum absolute atomic E-state index is 5.17. The quantitative estimate of drug-likeness (QED) is 0.0430. The number of benzene rings is 18. The van der Waals surface area contributed by atoms with Gasteiger partial charge in [-0.05, 0) is 182 Å². The molecule has 1 aliphatic rings. The van der Waals surface area contributed by atoms with E-state index in [1.165, 1.54) is 26.7 Å². The molecular weight excluding hydrogens is 1590 g/mol. The van der Waals surface area contributed by atoms with Crippen molar-refractivity contribution in [1.82, 2.24) is 0 Å². The molecule has 0 N–H and O–H groups in total. The zero-order valence-electron chi connectivity index (χ0n) is 68.4. The molecule has 0 nitrogen and oxygen atoms in total. The van der Waals surface area contributed by atoms with Crippen molar-refractivity contribution < 1.29 is 58.9 Å². The predicted octanol–water partition coefficient (Wildman–Crippen LogP) is 21.0. The van der Waals surface area contributed by atoms with Gasteiger partial charge in [0.1, 0.15) is 8.07 Å². The van der Waals surface area contributed by atoms with Crippen molar-refractivity contribution in [3.63, 3.8) is 0 Å². The Bertz CT molecular complexity index is 5780. The van der Waals surface area contributed by atoms with Crippen LogP contribution in [-0.4, -0.2) is 8.07 Å². The minimum absolute atomic E-state index is 0. The Morgan fingerprint density at radius 1 is 0.172 bits per heavy atom. The van der Waals surface area contributed by atoms with E-state index in [0.29, 0.717) is 0 Å². The van der Waals surface area contributed by atoms with Crippen LogP contribution >= 0.6 is 0 Å². The molecule has 0 amide bonds. The van der Waals surface area contributed by atoms with Crippen molar-refractivity contribution in [2.45, 2.75) is 32.7 Å². The molecule has 0 aromatic heterocycles. The molecule has 0 heterocycles. The number of halogens is 3. The first-order chi connectivity index (χ1) is 58.3. The molecule has 584 valence electrons. The summed E-state index contributed by atoms with van der Waals surface area (Å²) in [4.78, 5) is 0. The van der Waals surface area contributed by atoms with Gasteiger partial charge in [0.2, 0.25) is 0 Å². The van der Waals surface area contributed by atoms with Gasteiger partial charge in [0.15, 0.2) is 0 Å². The third-order valence-corrected chi connectivity index (χ3v) is 30.4. The summed E-state index contributed by atoms with van der Waals surface area (Å²) < 4.78 is 0. The molecule has 0 spiro atoms. The fourth-order valence-electron chi connectivity index (χ4n) is 19.5. The molecule has 18 aromatic rings. The molecule has 0 bridgehead atoms. The number of hydrogen-bond acceptors (Lipinski definition) is 0. The van der Waals surface area contributed by atoms with Gasteiger partial charge in [0.25, 0.3) is 0 Å². The summed E-state index contributed by atoms with van der Waals surface area (Å²) in [6.45, 7) is 9.96. The molecule has 122 heavy (non-hydrogen) atoms. The normalized spacial score (nSPS) is 12.9. The second-order valence-corrected chi connectivity index (χ2v) is 35.1. The van der Waals surface area contributed by atoms with E-state index in [2.05, 4.69) is 483 Å². The summed E-state index contributed by atoms with van der Waals surface area (Å²) in [7, 11) is -5.17. The largest absolute Gasteiger partial charge is 4.00 e. The second-order valence-electron chi connectivity index (χ2n) is 31.1. The van der Waals surface area contributed by atoms with Gasteiger partial charge in [0, 0.05) is 0 Å². The Kier molecular flexibility index (Phi) is 25.6. The SMILES string of the molecule is CC1=[C-]C(C)([Si](c2c(-c3ccccc3)c(-c3ccccc3)c(-c3ccccc3)c(-c3ccccc3)c2-c2ccccc2)(c2c(-c3ccccc3)c(-c3ccccc3)c(-c3ccccc3)c(-c3ccccc3)c2-c2ccccc2)c2c(-c3ccccc3)c(-c3ccccc3)c(-c3ccccc3)c(-c3ccccc3)c2-c2ccccc2)C(C)=C1C.[Cl-].[Cl-].[Cl-].[Ti+4]. The van der Waals surface area contributed by atoms with Crippen LogP contribution in [0.25, 0.3) is 167 Å². The molecule has 18 aromatic carbocycles. The van der Waals surface area contributed by atoms with Crippen molar-refractivity contribution in [1.29, 1.82) is 0 Å². The Hall–Kier alpha value is -12.8. The molecule has 0 saturated heterocycles. The van der Waals surface area contributed by atoms with Gasteiger partial charge in [0.05, 0.1) is 0 Å². The number of rotatable bonds is 19. The molecule has 5 heteroatoms. The van der Waals surface area contributed by atoms with E-state index in [1.807, 2.05) is 0 Å². The van der Waals surface area contributed by atoms with Crippen LogP contribution in [0.2, 0.25) is 5.04 Å². The fraction of sp³-hybridized carbons (Fsp3) is 0.0427. The molecule has 1 aliphatic carbocycles. The molecule has 0 radical (unpaired) electrons. The van der Waals surface area contributed by atoms with Crippen LogP contribution in [0.1, 0.15) is 27.7 Å². The Labute approximate surface area is 753 Å². The summed E-state index contributed by atoms with van der Waals surface area (Å²) in [5.41, 5.74) is 37.1. The van der Waals surface area contributed by atoms with Gasteiger partial charge in [-0.2, -0.15) is 11.1 Å². The van der Waals surface area contributed by atoms with Gasteiger partial charge in [-0.15, -0.1) is 6.92 Å². The fourth-order valence-corrected chi connectivity index (χ4v) is 26.7. The van der Waals surface area contributed by atoms with E-state index >= 15 is 0 Å². The molecule has 19 rings (SSSR count). The first kappa shape index (κ1) is 84.3. The molecular formula is C117H87Cl3SiTi. The Balaban J connectivity index is 0.00000289. The molecule has 1 atom stereocenters. The zero-order chi connectivity index (χ0) is 79.5. The van der Waals surface area contributed by atoms with E-state index in [-0.39, 0.29) is 58.9 Å².